The molecular formula is C17H21IN4. The van der Waals surface area contributed by atoms with Crippen LogP contribution in [0.4, 0.5) is 5.82 Å². The smallest absolute Gasteiger partial charge is 0.151 e. The van der Waals surface area contributed by atoms with Gasteiger partial charge in [-0.15, -0.1) is 10.2 Å². The highest BCUT2D eigenvalue weighted by atomic mass is 127. The van der Waals surface area contributed by atoms with Gasteiger partial charge in [0.05, 0.1) is 5.69 Å². The van der Waals surface area contributed by atoms with Crippen molar-refractivity contribution in [1.82, 2.24) is 15.1 Å². The van der Waals surface area contributed by atoms with Crippen LogP contribution < -0.4 is 4.90 Å². The fourth-order valence-corrected chi connectivity index (χ4v) is 3.10. The molecule has 3 rings (SSSR count). The number of hydrogen-bond acceptors (Lipinski definition) is 4. The van der Waals surface area contributed by atoms with Crippen LogP contribution in [0.5, 0.6) is 0 Å². The quantitative estimate of drug-likeness (QED) is 0.730. The molecule has 116 valence electrons. The Morgan fingerprint density at radius 1 is 0.909 bits per heavy atom. The molecule has 0 saturated carbocycles. The number of anilines is 1. The number of piperazine rings is 1. The molecule has 1 aliphatic rings. The Morgan fingerprint density at radius 3 is 2.14 bits per heavy atom. The molecule has 1 aromatic carbocycles. The predicted molar refractivity (Wildman–Crippen MR) is 99.1 cm³/mol. The minimum Gasteiger partial charge on any atom is -0.353 e. The lowest BCUT2D eigenvalue weighted by Crippen LogP contribution is -2.49. The van der Waals surface area contributed by atoms with E-state index in [1.165, 1.54) is 3.57 Å². The van der Waals surface area contributed by atoms with E-state index in [0.717, 1.165) is 43.3 Å². The molecule has 0 spiro atoms. The van der Waals surface area contributed by atoms with E-state index in [9.17, 15) is 0 Å². The molecule has 0 amide bonds. The normalized spacial score (nSPS) is 16.3. The maximum absolute atomic E-state index is 4.43. The van der Waals surface area contributed by atoms with Crippen molar-refractivity contribution in [2.75, 3.05) is 31.1 Å². The van der Waals surface area contributed by atoms with E-state index in [-0.39, 0.29) is 0 Å². The molecule has 5 heteroatoms. The van der Waals surface area contributed by atoms with Crippen molar-refractivity contribution in [2.45, 2.75) is 19.9 Å². The molecule has 22 heavy (non-hydrogen) atoms. The van der Waals surface area contributed by atoms with Crippen molar-refractivity contribution in [3.05, 3.63) is 40.0 Å². The number of benzene rings is 1. The van der Waals surface area contributed by atoms with Crippen LogP contribution in [0.1, 0.15) is 13.8 Å². The molecule has 1 aliphatic heterocycles. The summed E-state index contributed by atoms with van der Waals surface area (Å²) < 4.78 is 1.23. The van der Waals surface area contributed by atoms with Gasteiger partial charge in [-0.3, -0.25) is 4.90 Å². The van der Waals surface area contributed by atoms with Crippen molar-refractivity contribution in [3.8, 4) is 11.3 Å². The van der Waals surface area contributed by atoms with Crippen LogP contribution in [0.2, 0.25) is 0 Å². The summed E-state index contributed by atoms with van der Waals surface area (Å²) in [6.45, 7) is 8.75. The lowest BCUT2D eigenvalue weighted by atomic mass is 10.1. The highest BCUT2D eigenvalue weighted by molar-refractivity contribution is 14.1. The van der Waals surface area contributed by atoms with E-state index in [1.807, 2.05) is 0 Å². The van der Waals surface area contributed by atoms with Gasteiger partial charge in [-0.25, -0.2) is 0 Å². The van der Waals surface area contributed by atoms with Crippen molar-refractivity contribution < 1.29 is 0 Å². The number of halogens is 1. The van der Waals surface area contributed by atoms with Gasteiger partial charge < -0.3 is 4.90 Å². The Labute approximate surface area is 145 Å². The van der Waals surface area contributed by atoms with Gasteiger partial charge in [-0.05, 0) is 60.7 Å². The highest BCUT2D eigenvalue weighted by Crippen LogP contribution is 2.20. The molecule has 1 aromatic heterocycles. The Hall–Kier alpha value is -1.21. The Kier molecular flexibility index (Phi) is 4.93. The summed E-state index contributed by atoms with van der Waals surface area (Å²) in [6, 6.07) is 13.1. The van der Waals surface area contributed by atoms with E-state index < -0.39 is 0 Å². The standard InChI is InChI=1S/C17H21IN4/c1-13(2)21-9-11-22(12-10-21)17-8-7-16(19-20-17)14-3-5-15(18)6-4-14/h3-8,13H,9-12H2,1-2H3. The summed E-state index contributed by atoms with van der Waals surface area (Å²) in [5, 5.41) is 8.83. The van der Waals surface area contributed by atoms with E-state index >= 15 is 0 Å². The molecule has 0 aliphatic carbocycles. The number of hydrogen-bond donors (Lipinski definition) is 0. The van der Waals surface area contributed by atoms with Crippen LogP contribution in [0.15, 0.2) is 36.4 Å². The van der Waals surface area contributed by atoms with Gasteiger partial charge in [0, 0.05) is 41.4 Å². The van der Waals surface area contributed by atoms with E-state index in [2.05, 4.69) is 92.8 Å². The molecular weight excluding hydrogens is 387 g/mol. The Bertz CT molecular complexity index is 602. The van der Waals surface area contributed by atoms with Gasteiger partial charge in [0.2, 0.25) is 0 Å². The lowest BCUT2D eigenvalue weighted by molar-refractivity contribution is 0.209. The second-order valence-corrected chi connectivity index (χ2v) is 7.15. The molecule has 0 atom stereocenters. The van der Waals surface area contributed by atoms with E-state index in [0.29, 0.717) is 6.04 Å². The number of aromatic nitrogens is 2. The average Bonchev–Trinajstić information content (AvgIpc) is 2.56. The predicted octanol–water partition coefficient (Wildman–Crippen LogP) is 3.28. The first-order valence-corrected chi connectivity index (χ1v) is 8.80. The van der Waals surface area contributed by atoms with Gasteiger partial charge in [0.25, 0.3) is 0 Å². The zero-order chi connectivity index (χ0) is 15.5. The Morgan fingerprint density at radius 2 is 1.59 bits per heavy atom. The third-order valence-corrected chi connectivity index (χ3v) is 4.88. The summed E-state index contributed by atoms with van der Waals surface area (Å²) in [4.78, 5) is 4.83. The first kappa shape index (κ1) is 15.7. The molecule has 0 radical (unpaired) electrons. The van der Waals surface area contributed by atoms with Crippen molar-refractivity contribution in [1.29, 1.82) is 0 Å². The second-order valence-electron chi connectivity index (χ2n) is 5.90. The van der Waals surface area contributed by atoms with Gasteiger partial charge in [0.15, 0.2) is 5.82 Å². The third-order valence-electron chi connectivity index (χ3n) is 4.16. The van der Waals surface area contributed by atoms with E-state index in [1.54, 1.807) is 0 Å². The second kappa shape index (κ2) is 6.91. The lowest BCUT2D eigenvalue weighted by Gasteiger charge is -2.37. The fourth-order valence-electron chi connectivity index (χ4n) is 2.74. The van der Waals surface area contributed by atoms with Gasteiger partial charge in [0.1, 0.15) is 0 Å². The maximum atomic E-state index is 4.43. The van der Waals surface area contributed by atoms with Gasteiger partial charge in [-0.1, -0.05) is 12.1 Å². The largest absolute Gasteiger partial charge is 0.353 e. The van der Waals surface area contributed by atoms with Crippen molar-refractivity contribution in [2.24, 2.45) is 0 Å². The molecule has 2 aromatic rings. The van der Waals surface area contributed by atoms with E-state index in [4.69, 9.17) is 0 Å². The molecule has 2 heterocycles. The fraction of sp³-hybridized carbons (Fsp3) is 0.412. The molecule has 1 fully saturated rings. The molecule has 0 unspecified atom stereocenters. The van der Waals surface area contributed by atoms with Gasteiger partial charge >= 0.3 is 0 Å². The summed E-state index contributed by atoms with van der Waals surface area (Å²) in [5.41, 5.74) is 2.05. The van der Waals surface area contributed by atoms with Gasteiger partial charge in [-0.2, -0.15) is 0 Å². The van der Waals surface area contributed by atoms with Crippen molar-refractivity contribution >= 4 is 28.4 Å². The molecule has 4 nitrogen and oxygen atoms in total. The van der Waals surface area contributed by atoms with Crippen LogP contribution in [0.3, 0.4) is 0 Å². The Balaban J connectivity index is 1.68. The molecule has 0 N–H and O–H groups in total. The van der Waals surface area contributed by atoms with Crippen LogP contribution in [0, 0.1) is 3.57 Å². The summed E-state index contributed by atoms with van der Waals surface area (Å²) in [6.07, 6.45) is 0. The zero-order valence-electron chi connectivity index (χ0n) is 13.0. The molecule has 0 bridgehead atoms. The average molecular weight is 408 g/mol. The SMILES string of the molecule is CC(C)N1CCN(c2ccc(-c3ccc(I)cc3)nn2)CC1. The zero-order valence-corrected chi connectivity index (χ0v) is 15.2. The summed E-state index contributed by atoms with van der Waals surface area (Å²) in [7, 11) is 0. The van der Waals surface area contributed by atoms with Crippen LogP contribution in [0.25, 0.3) is 11.3 Å². The minimum absolute atomic E-state index is 0.622. The topological polar surface area (TPSA) is 32.3 Å². The third kappa shape index (κ3) is 3.57. The maximum Gasteiger partial charge on any atom is 0.151 e. The highest BCUT2D eigenvalue weighted by Gasteiger charge is 2.19. The minimum atomic E-state index is 0.622. The van der Waals surface area contributed by atoms with Crippen LogP contribution in [-0.4, -0.2) is 47.3 Å². The molecule has 1 saturated heterocycles. The first-order chi connectivity index (χ1) is 10.6. The number of rotatable bonds is 3. The monoisotopic (exact) mass is 408 g/mol. The summed E-state index contributed by atoms with van der Waals surface area (Å²) in [5.74, 6) is 0.984. The number of nitrogens with zero attached hydrogens (tertiary/aromatic N) is 4. The first-order valence-electron chi connectivity index (χ1n) is 7.72. The summed E-state index contributed by atoms with van der Waals surface area (Å²) >= 11 is 2.31. The van der Waals surface area contributed by atoms with Crippen LogP contribution in [-0.2, 0) is 0 Å². The van der Waals surface area contributed by atoms with Crippen LogP contribution >= 0.6 is 22.6 Å². The van der Waals surface area contributed by atoms with Crippen molar-refractivity contribution in [3.63, 3.8) is 0 Å².